The van der Waals surface area contributed by atoms with Gasteiger partial charge in [-0.15, -0.1) is 0 Å². The van der Waals surface area contributed by atoms with Crippen molar-refractivity contribution >= 4 is 22.6 Å². The van der Waals surface area contributed by atoms with Gasteiger partial charge in [0.25, 0.3) is 5.91 Å². The van der Waals surface area contributed by atoms with Crippen molar-refractivity contribution in [3.63, 3.8) is 0 Å². The molecule has 7 nitrogen and oxygen atoms in total. The first-order chi connectivity index (χ1) is 15.0. The number of nitrogens with one attached hydrogen (secondary N) is 1. The van der Waals surface area contributed by atoms with E-state index in [0.29, 0.717) is 22.6 Å². The fourth-order valence-corrected chi connectivity index (χ4v) is 3.26. The first-order valence-corrected chi connectivity index (χ1v) is 9.38. The van der Waals surface area contributed by atoms with Gasteiger partial charge in [0.05, 0.1) is 19.6 Å². The number of methoxy groups -OCH3 is 2. The Morgan fingerprint density at radius 1 is 1.00 bits per heavy atom. The van der Waals surface area contributed by atoms with Gasteiger partial charge in [-0.2, -0.15) is 0 Å². The van der Waals surface area contributed by atoms with E-state index in [9.17, 15) is 14.7 Å². The SMILES string of the molecule is COc1cccc(-c2cc(C(=O)Nc3coc4cc(O)ccc4c3=O)ccc2OC)c1. The molecule has 0 aliphatic rings. The molecule has 0 aliphatic heterocycles. The third kappa shape index (κ3) is 3.93. The highest BCUT2D eigenvalue weighted by Crippen LogP contribution is 2.33. The molecule has 1 aromatic heterocycles. The van der Waals surface area contributed by atoms with E-state index in [0.717, 1.165) is 11.8 Å². The van der Waals surface area contributed by atoms with Gasteiger partial charge in [0.15, 0.2) is 0 Å². The van der Waals surface area contributed by atoms with Gasteiger partial charge in [0.1, 0.15) is 34.8 Å². The van der Waals surface area contributed by atoms with Crippen LogP contribution in [0.4, 0.5) is 5.69 Å². The summed E-state index contributed by atoms with van der Waals surface area (Å²) in [4.78, 5) is 25.5. The second kappa shape index (κ2) is 8.23. The van der Waals surface area contributed by atoms with E-state index in [2.05, 4.69) is 5.32 Å². The van der Waals surface area contributed by atoms with Crippen molar-refractivity contribution in [2.24, 2.45) is 0 Å². The third-order valence-corrected chi connectivity index (χ3v) is 4.85. The van der Waals surface area contributed by atoms with E-state index in [1.54, 1.807) is 32.4 Å². The summed E-state index contributed by atoms with van der Waals surface area (Å²) >= 11 is 0. The maximum Gasteiger partial charge on any atom is 0.255 e. The summed E-state index contributed by atoms with van der Waals surface area (Å²) in [5, 5.41) is 12.4. The molecular formula is C24H19NO6. The zero-order chi connectivity index (χ0) is 22.0. The molecule has 3 aromatic carbocycles. The lowest BCUT2D eigenvalue weighted by Crippen LogP contribution is -2.18. The Morgan fingerprint density at radius 2 is 1.84 bits per heavy atom. The normalized spacial score (nSPS) is 10.6. The Morgan fingerprint density at radius 3 is 2.61 bits per heavy atom. The molecule has 1 amide bonds. The van der Waals surface area contributed by atoms with Crippen LogP contribution in [0.1, 0.15) is 10.4 Å². The van der Waals surface area contributed by atoms with Crippen LogP contribution in [0.25, 0.3) is 22.1 Å². The first kappa shape index (κ1) is 20.0. The van der Waals surface area contributed by atoms with Crippen LogP contribution in [0.3, 0.4) is 0 Å². The van der Waals surface area contributed by atoms with Crippen LogP contribution in [0.15, 0.2) is 76.1 Å². The molecule has 2 N–H and O–H groups in total. The second-order valence-corrected chi connectivity index (χ2v) is 6.76. The molecule has 7 heteroatoms. The highest BCUT2D eigenvalue weighted by Gasteiger charge is 2.15. The smallest absolute Gasteiger partial charge is 0.255 e. The highest BCUT2D eigenvalue weighted by molar-refractivity contribution is 6.05. The molecule has 1 heterocycles. The maximum atomic E-state index is 12.9. The van der Waals surface area contributed by atoms with Crippen molar-refractivity contribution in [2.75, 3.05) is 19.5 Å². The molecule has 4 aromatic rings. The van der Waals surface area contributed by atoms with Crippen LogP contribution >= 0.6 is 0 Å². The van der Waals surface area contributed by atoms with Crippen LogP contribution in [0, 0.1) is 0 Å². The van der Waals surface area contributed by atoms with E-state index < -0.39 is 11.3 Å². The molecular weight excluding hydrogens is 398 g/mol. The predicted octanol–water partition coefficient (Wildman–Crippen LogP) is 4.44. The molecule has 0 atom stereocenters. The number of carbonyl (C=O) groups excluding carboxylic acids is 1. The van der Waals surface area contributed by atoms with Gasteiger partial charge in [-0.3, -0.25) is 9.59 Å². The summed E-state index contributed by atoms with van der Waals surface area (Å²) in [5.41, 5.74) is 1.68. The summed E-state index contributed by atoms with van der Waals surface area (Å²) in [6, 6.07) is 16.5. The summed E-state index contributed by atoms with van der Waals surface area (Å²) < 4.78 is 16.1. The van der Waals surface area contributed by atoms with E-state index in [4.69, 9.17) is 13.9 Å². The number of fused-ring (bicyclic) bond motifs is 1. The molecule has 0 fully saturated rings. The van der Waals surface area contributed by atoms with Crippen molar-refractivity contribution in [1.82, 2.24) is 0 Å². The molecule has 0 radical (unpaired) electrons. The topological polar surface area (TPSA) is 98.0 Å². The van der Waals surface area contributed by atoms with Gasteiger partial charge < -0.3 is 24.3 Å². The lowest BCUT2D eigenvalue weighted by molar-refractivity contribution is 0.102. The number of hydrogen-bond donors (Lipinski definition) is 2. The number of phenolic OH excluding ortho intramolecular Hbond substituents is 1. The van der Waals surface area contributed by atoms with Gasteiger partial charge in [0, 0.05) is 17.2 Å². The Labute approximate surface area is 177 Å². The summed E-state index contributed by atoms with van der Waals surface area (Å²) in [5.74, 6) is 0.775. The van der Waals surface area contributed by atoms with Crippen LogP contribution in [0.5, 0.6) is 17.2 Å². The van der Waals surface area contributed by atoms with E-state index >= 15 is 0 Å². The number of phenols is 1. The number of amides is 1. The largest absolute Gasteiger partial charge is 0.508 e. The van der Waals surface area contributed by atoms with Crippen LogP contribution in [0.2, 0.25) is 0 Å². The minimum Gasteiger partial charge on any atom is -0.508 e. The quantitative estimate of drug-likeness (QED) is 0.498. The van der Waals surface area contributed by atoms with Crippen molar-refractivity contribution < 1.29 is 23.8 Å². The lowest BCUT2D eigenvalue weighted by atomic mass is 10.0. The predicted molar refractivity (Wildman–Crippen MR) is 117 cm³/mol. The monoisotopic (exact) mass is 417 g/mol. The molecule has 156 valence electrons. The minimum atomic E-state index is -0.475. The number of rotatable bonds is 5. The zero-order valence-electron chi connectivity index (χ0n) is 16.8. The van der Waals surface area contributed by atoms with Crippen molar-refractivity contribution in [2.45, 2.75) is 0 Å². The molecule has 0 saturated carbocycles. The molecule has 4 rings (SSSR count). The summed E-state index contributed by atoms with van der Waals surface area (Å²) in [6.45, 7) is 0. The standard InChI is InChI=1S/C24H19NO6/c1-29-17-5-3-4-14(10-17)19-11-15(6-9-21(19)30-2)24(28)25-20-13-31-22-12-16(26)7-8-18(22)23(20)27/h3-13,26H,1-2H3,(H,25,28). The molecule has 0 saturated heterocycles. The lowest BCUT2D eigenvalue weighted by Gasteiger charge is -2.12. The van der Waals surface area contributed by atoms with E-state index in [1.165, 1.54) is 18.2 Å². The number of hydrogen-bond acceptors (Lipinski definition) is 6. The van der Waals surface area contributed by atoms with E-state index in [1.807, 2.05) is 24.3 Å². The molecule has 0 aliphatic carbocycles. The average molecular weight is 417 g/mol. The van der Waals surface area contributed by atoms with E-state index in [-0.39, 0.29) is 22.4 Å². The van der Waals surface area contributed by atoms with Crippen LogP contribution in [-0.2, 0) is 0 Å². The number of carbonyl (C=O) groups is 1. The van der Waals surface area contributed by atoms with Crippen LogP contribution in [-0.4, -0.2) is 25.2 Å². The molecule has 31 heavy (non-hydrogen) atoms. The fourth-order valence-electron chi connectivity index (χ4n) is 3.26. The van der Waals surface area contributed by atoms with Crippen molar-refractivity contribution in [1.29, 1.82) is 0 Å². The number of ether oxygens (including phenoxy) is 2. The molecule has 0 unspecified atom stereocenters. The van der Waals surface area contributed by atoms with Crippen molar-refractivity contribution in [3.05, 3.63) is 82.7 Å². The number of benzene rings is 3. The van der Waals surface area contributed by atoms with Crippen molar-refractivity contribution in [3.8, 4) is 28.4 Å². The summed E-state index contributed by atoms with van der Waals surface area (Å²) in [7, 11) is 3.13. The Balaban J connectivity index is 1.69. The highest BCUT2D eigenvalue weighted by atomic mass is 16.5. The summed E-state index contributed by atoms with van der Waals surface area (Å²) in [6.07, 6.45) is 1.16. The van der Waals surface area contributed by atoms with Gasteiger partial charge in [0.2, 0.25) is 5.43 Å². The first-order valence-electron chi connectivity index (χ1n) is 9.38. The Kier molecular flexibility index (Phi) is 5.32. The van der Waals surface area contributed by atoms with Gasteiger partial charge in [-0.1, -0.05) is 12.1 Å². The van der Waals surface area contributed by atoms with Gasteiger partial charge in [-0.05, 0) is 48.0 Å². The average Bonchev–Trinajstić information content (AvgIpc) is 2.80. The minimum absolute atomic E-state index is 0.00179. The Bertz CT molecular complexity index is 1340. The molecule has 0 bridgehead atoms. The number of anilines is 1. The Hall–Kier alpha value is -4.26. The molecule has 0 spiro atoms. The van der Waals surface area contributed by atoms with Crippen LogP contribution < -0.4 is 20.2 Å². The maximum absolute atomic E-state index is 12.9. The van der Waals surface area contributed by atoms with Gasteiger partial charge in [-0.25, -0.2) is 0 Å². The third-order valence-electron chi connectivity index (χ3n) is 4.85. The fraction of sp³-hybridized carbons (Fsp3) is 0.0833. The zero-order valence-corrected chi connectivity index (χ0v) is 16.8. The second-order valence-electron chi connectivity index (χ2n) is 6.76. The number of aromatic hydroxyl groups is 1. The van der Waals surface area contributed by atoms with Gasteiger partial charge >= 0.3 is 0 Å².